The third kappa shape index (κ3) is 7.05. The van der Waals surface area contributed by atoms with E-state index in [1.807, 2.05) is 0 Å². The molecule has 0 aromatic heterocycles. The molecule has 0 aliphatic rings. The summed E-state index contributed by atoms with van der Waals surface area (Å²) in [5, 5.41) is 4.97. The summed E-state index contributed by atoms with van der Waals surface area (Å²) < 4.78 is 30.4. The topological polar surface area (TPSA) is 67.4 Å². The number of amides is 2. The van der Waals surface area contributed by atoms with Crippen LogP contribution < -0.4 is 10.6 Å². The first-order valence-corrected chi connectivity index (χ1v) is 7.11. The van der Waals surface area contributed by atoms with Gasteiger partial charge >= 0.3 is 0 Å². The Morgan fingerprint density at radius 3 is 2.62 bits per heavy atom. The Hall–Kier alpha value is -1.67. The Kier molecular flexibility index (Phi) is 7.70. The number of hydrogen-bond donors (Lipinski definition) is 2. The molecular weight excluding hydrogens is 302 g/mol. The molecule has 0 saturated heterocycles. The minimum atomic E-state index is -0.960. The Balaban J connectivity index is 2.24. The van der Waals surface area contributed by atoms with Gasteiger partial charge in [-0.3, -0.25) is 9.59 Å². The Labute approximate surface area is 125 Å². The largest absolute Gasteiger partial charge is 0.383 e. The van der Waals surface area contributed by atoms with Gasteiger partial charge in [-0.1, -0.05) is 0 Å². The first-order chi connectivity index (χ1) is 10.0. The molecule has 0 radical (unpaired) electrons. The van der Waals surface area contributed by atoms with Gasteiger partial charge in [0, 0.05) is 18.6 Å². The molecule has 0 spiro atoms. The number of nitrogens with one attached hydrogen (secondary N) is 2. The second kappa shape index (κ2) is 9.30. The number of hydrogen-bond acceptors (Lipinski definition) is 4. The fourth-order valence-electron chi connectivity index (χ4n) is 1.30. The summed E-state index contributed by atoms with van der Waals surface area (Å²) in [4.78, 5) is 23.2. The number of methoxy groups -OCH3 is 1. The lowest BCUT2D eigenvalue weighted by Gasteiger charge is -2.06. The second-order valence-corrected chi connectivity index (χ2v) is 5.03. The second-order valence-electron chi connectivity index (χ2n) is 3.98. The first kappa shape index (κ1) is 17.4. The van der Waals surface area contributed by atoms with E-state index in [4.69, 9.17) is 4.74 Å². The van der Waals surface area contributed by atoms with E-state index in [1.165, 1.54) is 13.2 Å². The molecule has 5 nitrogen and oxygen atoms in total. The summed E-state index contributed by atoms with van der Waals surface area (Å²) in [6, 6.07) is 3.40. The predicted octanol–water partition coefficient (Wildman–Crippen LogP) is 0.936. The zero-order chi connectivity index (χ0) is 15.7. The molecular formula is C13H16F2N2O3S. The van der Waals surface area contributed by atoms with Gasteiger partial charge in [-0.2, -0.15) is 0 Å². The Morgan fingerprint density at radius 1 is 1.19 bits per heavy atom. The molecule has 116 valence electrons. The summed E-state index contributed by atoms with van der Waals surface area (Å²) in [7, 11) is 1.52. The van der Waals surface area contributed by atoms with Crippen LogP contribution in [0.3, 0.4) is 0 Å². The van der Waals surface area contributed by atoms with E-state index in [1.54, 1.807) is 0 Å². The van der Waals surface area contributed by atoms with E-state index in [0.29, 0.717) is 18.0 Å². The summed E-state index contributed by atoms with van der Waals surface area (Å²) >= 11 is 1.05. The third-order valence-electron chi connectivity index (χ3n) is 2.34. The Morgan fingerprint density at radius 2 is 1.95 bits per heavy atom. The standard InChI is InChI=1S/C13H16F2N2O3S/c1-20-5-4-16-12(18)7-17-13(19)8-21-9-2-3-10(14)11(15)6-9/h2-3,6H,4-5,7-8H2,1H3,(H,16,18)(H,17,19). The quantitative estimate of drug-likeness (QED) is 0.553. The van der Waals surface area contributed by atoms with Crippen molar-refractivity contribution in [2.45, 2.75) is 4.90 Å². The Bertz CT molecular complexity index is 500. The van der Waals surface area contributed by atoms with Gasteiger partial charge in [0.2, 0.25) is 11.8 Å². The number of thioether (sulfide) groups is 1. The van der Waals surface area contributed by atoms with Gasteiger partial charge in [0.25, 0.3) is 0 Å². The van der Waals surface area contributed by atoms with E-state index in [2.05, 4.69) is 10.6 Å². The number of carbonyl (C=O) groups excluding carboxylic acids is 2. The van der Waals surface area contributed by atoms with Crippen molar-refractivity contribution in [1.82, 2.24) is 10.6 Å². The summed E-state index contributed by atoms with van der Waals surface area (Å²) in [6.07, 6.45) is 0. The molecule has 1 aromatic carbocycles. The lowest BCUT2D eigenvalue weighted by Crippen LogP contribution is -2.38. The van der Waals surface area contributed by atoms with Crippen LogP contribution in [0.25, 0.3) is 0 Å². The maximum absolute atomic E-state index is 13.0. The van der Waals surface area contributed by atoms with Crippen molar-refractivity contribution < 1.29 is 23.1 Å². The zero-order valence-electron chi connectivity index (χ0n) is 11.4. The van der Waals surface area contributed by atoms with E-state index >= 15 is 0 Å². The van der Waals surface area contributed by atoms with Crippen molar-refractivity contribution >= 4 is 23.6 Å². The molecule has 2 amide bonds. The van der Waals surface area contributed by atoms with Crippen molar-refractivity contribution in [1.29, 1.82) is 0 Å². The third-order valence-corrected chi connectivity index (χ3v) is 3.33. The predicted molar refractivity (Wildman–Crippen MR) is 75.0 cm³/mol. The van der Waals surface area contributed by atoms with E-state index in [0.717, 1.165) is 23.9 Å². The maximum atomic E-state index is 13.0. The van der Waals surface area contributed by atoms with Gasteiger partial charge in [-0.15, -0.1) is 11.8 Å². The van der Waals surface area contributed by atoms with E-state index in [9.17, 15) is 18.4 Å². The highest BCUT2D eigenvalue weighted by Gasteiger charge is 2.07. The fourth-order valence-corrected chi connectivity index (χ4v) is 2.05. The summed E-state index contributed by atoms with van der Waals surface area (Å²) in [6.45, 7) is 0.626. The van der Waals surface area contributed by atoms with Crippen molar-refractivity contribution in [2.24, 2.45) is 0 Å². The van der Waals surface area contributed by atoms with Crippen LogP contribution >= 0.6 is 11.8 Å². The number of rotatable bonds is 8. The van der Waals surface area contributed by atoms with Crippen LogP contribution in [-0.4, -0.2) is 44.4 Å². The summed E-state index contributed by atoms with van der Waals surface area (Å²) in [5.74, 6) is -2.57. The molecule has 1 aromatic rings. The normalized spacial score (nSPS) is 10.2. The first-order valence-electron chi connectivity index (χ1n) is 6.13. The van der Waals surface area contributed by atoms with Crippen LogP contribution in [0.4, 0.5) is 8.78 Å². The van der Waals surface area contributed by atoms with Crippen molar-refractivity contribution in [3.63, 3.8) is 0 Å². The van der Waals surface area contributed by atoms with Crippen LogP contribution in [0, 0.1) is 11.6 Å². The monoisotopic (exact) mass is 318 g/mol. The molecule has 1 rings (SSSR count). The van der Waals surface area contributed by atoms with Gasteiger partial charge in [-0.25, -0.2) is 8.78 Å². The molecule has 0 heterocycles. The highest BCUT2D eigenvalue weighted by Crippen LogP contribution is 2.19. The summed E-state index contributed by atoms with van der Waals surface area (Å²) in [5.41, 5.74) is 0. The molecule has 2 N–H and O–H groups in total. The molecule has 0 bridgehead atoms. The molecule has 0 unspecified atom stereocenters. The zero-order valence-corrected chi connectivity index (χ0v) is 12.3. The van der Waals surface area contributed by atoms with Gasteiger partial charge in [0.05, 0.1) is 18.9 Å². The minimum absolute atomic E-state index is 0.0103. The maximum Gasteiger partial charge on any atom is 0.239 e. The number of halogens is 2. The van der Waals surface area contributed by atoms with Gasteiger partial charge < -0.3 is 15.4 Å². The van der Waals surface area contributed by atoms with Crippen LogP contribution in [0.1, 0.15) is 0 Å². The molecule has 21 heavy (non-hydrogen) atoms. The SMILES string of the molecule is COCCNC(=O)CNC(=O)CSc1ccc(F)c(F)c1. The van der Waals surface area contributed by atoms with Crippen LogP contribution in [0.15, 0.2) is 23.1 Å². The molecule has 0 atom stereocenters. The van der Waals surface area contributed by atoms with E-state index in [-0.39, 0.29) is 24.1 Å². The molecule has 8 heteroatoms. The lowest BCUT2D eigenvalue weighted by atomic mass is 10.3. The van der Waals surface area contributed by atoms with Crippen LogP contribution in [0.5, 0.6) is 0 Å². The highest BCUT2D eigenvalue weighted by molar-refractivity contribution is 8.00. The smallest absolute Gasteiger partial charge is 0.239 e. The average Bonchev–Trinajstić information content (AvgIpc) is 2.46. The molecule has 0 saturated carbocycles. The number of benzene rings is 1. The number of carbonyl (C=O) groups is 2. The van der Waals surface area contributed by atoms with Gasteiger partial charge in [0.1, 0.15) is 0 Å². The van der Waals surface area contributed by atoms with Crippen molar-refractivity contribution in [3.8, 4) is 0 Å². The minimum Gasteiger partial charge on any atom is -0.383 e. The molecule has 0 aliphatic heterocycles. The van der Waals surface area contributed by atoms with Crippen molar-refractivity contribution in [3.05, 3.63) is 29.8 Å². The fraction of sp³-hybridized carbons (Fsp3) is 0.385. The molecule has 0 aliphatic carbocycles. The van der Waals surface area contributed by atoms with Gasteiger partial charge in [-0.05, 0) is 18.2 Å². The highest BCUT2D eigenvalue weighted by atomic mass is 32.2. The van der Waals surface area contributed by atoms with Crippen molar-refractivity contribution in [2.75, 3.05) is 32.6 Å². The molecule has 0 fully saturated rings. The lowest BCUT2D eigenvalue weighted by molar-refractivity contribution is -0.124. The van der Waals surface area contributed by atoms with Crippen LogP contribution in [0.2, 0.25) is 0 Å². The average molecular weight is 318 g/mol. The number of ether oxygens (including phenoxy) is 1. The van der Waals surface area contributed by atoms with E-state index < -0.39 is 11.6 Å². The van der Waals surface area contributed by atoms with Crippen LogP contribution in [-0.2, 0) is 14.3 Å². The van der Waals surface area contributed by atoms with Gasteiger partial charge in [0.15, 0.2) is 11.6 Å².